The van der Waals surface area contributed by atoms with Gasteiger partial charge in [0.05, 0.1) is 50.4 Å². The highest BCUT2D eigenvalue weighted by molar-refractivity contribution is 6.15. The van der Waals surface area contributed by atoms with Gasteiger partial charge in [-0.15, -0.1) is 0 Å². The van der Waals surface area contributed by atoms with Gasteiger partial charge in [0.15, 0.2) is 6.20 Å². The Morgan fingerprint density at radius 2 is 1.83 bits per heavy atom. The van der Waals surface area contributed by atoms with Crippen molar-refractivity contribution in [2.75, 3.05) is 44.2 Å². The lowest BCUT2D eigenvalue weighted by atomic mass is 9.98. The molecule has 1 saturated heterocycles. The van der Waals surface area contributed by atoms with Crippen molar-refractivity contribution < 1.29 is 19.4 Å². The zero-order valence-corrected chi connectivity index (χ0v) is 18.1. The molecule has 0 spiro atoms. The van der Waals surface area contributed by atoms with Gasteiger partial charge in [0, 0.05) is 11.6 Å². The van der Waals surface area contributed by atoms with Crippen LogP contribution in [0.3, 0.4) is 0 Å². The Labute approximate surface area is 178 Å². The van der Waals surface area contributed by atoms with Crippen molar-refractivity contribution >= 4 is 22.4 Å². The highest BCUT2D eigenvalue weighted by Gasteiger charge is 2.28. The summed E-state index contributed by atoms with van der Waals surface area (Å²) >= 11 is 0. The SMILES string of the molecule is CCOc1ccc(C(=O)c2c[nH+]c3ccc(C)cc3c2N2CC[NH+](CC)CC2)cc1. The summed E-state index contributed by atoms with van der Waals surface area (Å²) in [5, 5.41) is 1.12. The Bertz CT molecular complexity index is 1040. The lowest BCUT2D eigenvalue weighted by Crippen LogP contribution is -3.14. The molecule has 0 amide bonds. The van der Waals surface area contributed by atoms with Crippen LogP contribution in [0, 0.1) is 6.92 Å². The van der Waals surface area contributed by atoms with E-state index in [1.54, 1.807) is 4.90 Å². The van der Waals surface area contributed by atoms with Gasteiger partial charge in [0.2, 0.25) is 11.3 Å². The third-order valence-electron chi connectivity index (χ3n) is 6.02. The number of piperazine rings is 1. The molecule has 156 valence electrons. The maximum Gasteiger partial charge on any atom is 0.212 e. The van der Waals surface area contributed by atoms with Crippen molar-refractivity contribution in [2.45, 2.75) is 20.8 Å². The molecule has 0 aliphatic carbocycles. The molecule has 3 aromatic rings. The van der Waals surface area contributed by atoms with Crippen LogP contribution in [-0.2, 0) is 0 Å². The summed E-state index contributed by atoms with van der Waals surface area (Å²) in [6.07, 6.45) is 1.88. The largest absolute Gasteiger partial charge is 0.494 e. The number of aryl methyl sites for hydroxylation is 1. The number of pyridine rings is 1. The van der Waals surface area contributed by atoms with Gasteiger partial charge in [-0.2, -0.15) is 0 Å². The van der Waals surface area contributed by atoms with E-state index >= 15 is 0 Å². The Morgan fingerprint density at radius 1 is 1.10 bits per heavy atom. The summed E-state index contributed by atoms with van der Waals surface area (Å²) in [5.74, 6) is 0.826. The second-order valence-corrected chi connectivity index (χ2v) is 7.98. The van der Waals surface area contributed by atoms with Gasteiger partial charge < -0.3 is 14.5 Å². The van der Waals surface area contributed by atoms with Crippen LogP contribution in [0.5, 0.6) is 5.75 Å². The van der Waals surface area contributed by atoms with Crippen LogP contribution >= 0.6 is 0 Å². The quantitative estimate of drug-likeness (QED) is 0.641. The molecule has 2 N–H and O–H groups in total. The van der Waals surface area contributed by atoms with Crippen LogP contribution in [-0.4, -0.2) is 45.1 Å². The summed E-state index contributed by atoms with van der Waals surface area (Å²) < 4.78 is 5.53. The van der Waals surface area contributed by atoms with E-state index in [0.717, 1.165) is 60.6 Å². The number of ether oxygens (including phenoxy) is 1. The first-order valence-corrected chi connectivity index (χ1v) is 10.9. The average molecular weight is 406 g/mol. The summed E-state index contributed by atoms with van der Waals surface area (Å²) in [7, 11) is 0. The van der Waals surface area contributed by atoms with Gasteiger partial charge in [-0.3, -0.25) is 4.79 Å². The van der Waals surface area contributed by atoms with Crippen molar-refractivity contribution in [3.05, 3.63) is 65.4 Å². The van der Waals surface area contributed by atoms with Crippen LogP contribution in [0.15, 0.2) is 48.7 Å². The number of ketones is 1. The third kappa shape index (κ3) is 4.03. The molecule has 2 heterocycles. The molecule has 1 aliphatic heterocycles. The second kappa shape index (κ2) is 8.84. The predicted molar refractivity (Wildman–Crippen MR) is 120 cm³/mol. The smallest absolute Gasteiger partial charge is 0.212 e. The number of benzene rings is 2. The molecule has 5 heteroatoms. The number of aromatic amines is 1. The zero-order valence-electron chi connectivity index (χ0n) is 18.1. The molecule has 0 bridgehead atoms. The van der Waals surface area contributed by atoms with E-state index in [1.807, 2.05) is 37.4 Å². The number of anilines is 1. The predicted octanol–water partition coefficient (Wildman–Crippen LogP) is 2.32. The number of rotatable bonds is 6. The average Bonchev–Trinajstić information content (AvgIpc) is 2.78. The number of carbonyl (C=O) groups excluding carboxylic acids is 1. The molecule has 0 radical (unpaired) electrons. The van der Waals surface area contributed by atoms with Crippen LogP contribution in [0.25, 0.3) is 10.9 Å². The molecule has 0 atom stereocenters. The fourth-order valence-electron chi connectivity index (χ4n) is 4.28. The lowest BCUT2D eigenvalue weighted by molar-refractivity contribution is -0.898. The number of nitrogens with one attached hydrogen (secondary N) is 2. The minimum absolute atomic E-state index is 0.0398. The number of carbonyl (C=O) groups is 1. The normalized spacial score (nSPS) is 14.8. The lowest BCUT2D eigenvalue weighted by Gasteiger charge is -2.34. The number of fused-ring (bicyclic) bond motifs is 1. The van der Waals surface area contributed by atoms with E-state index in [4.69, 9.17) is 4.74 Å². The Balaban J connectivity index is 1.77. The zero-order chi connectivity index (χ0) is 21.1. The third-order valence-corrected chi connectivity index (χ3v) is 6.02. The fraction of sp³-hybridized carbons (Fsp3) is 0.360. The van der Waals surface area contributed by atoms with Crippen molar-refractivity contribution in [1.29, 1.82) is 0 Å². The van der Waals surface area contributed by atoms with Gasteiger partial charge in [-0.1, -0.05) is 6.07 Å². The van der Waals surface area contributed by atoms with Crippen LogP contribution in [0.2, 0.25) is 0 Å². The Hall–Kier alpha value is -2.92. The van der Waals surface area contributed by atoms with E-state index in [-0.39, 0.29) is 5.78 Å². The minimum Gasteiger partial charge on any atom is -0.494 e. The number of likely N-dealkylation sites (N-methyl/N-ethyl adjacent to an activating group) is 1. The number of H-pyrrole nitrogens is 1. The molecule has 0 saturated carbocycles. The van der Waals surface area contributed by atoms with Crippen molar-refractivity contribution in [1.82, 2.24) is 0 Å². The molecule has 1 fully saturated rings. The molecular weight excluding hydrogens is 374 g/mol. The van der Waals surface area contributed by atoms with E-state index in [0.29, 0.717) is 12.2 Å². The molecule has 5 nitrogen and oxygen atoms in total. The maximum absolute atomic E-state index is 13.5. The van der Waals surface area contributed by atoms with Crippen LogP contribution < -0.4 is 19.5 Å². The molecule has 0 unspecified atom stereocenters. The first-order valence-electron chi connectivity index (χ1n) is 10.9. The van der Waals surface area contributed by atoms with Gasteiger partial charge >= 0.3 is 0 Å². The number of aromatic nitrogens is 1. The summed E-state index contributed by atoms with van der Waals surface area (Å²) in [6.45, 7) is 12.2. The number of quaternary nitrogens is 1. The molecule has 4 rings (SSSR count). The molecule has 2 aromatic carbocycles. The highest BCUT2D eigenvalue weighted by atomic mass is 16.5. The Kier molecular flexibility index (Phi) is 6.00. The van der Waals surface area contributed by atoms with Crippen molar-refractivity contribution in [3.8, 4) is 5.75 Å². The van der Waals surface area contributed by atoms with Gasteiger partial charge in [0.25, 0.3) is 0 Å². The van der Waals surface area contributed by atoms with Gasteiger partial charge in [0.1, 0.15) is 11.3 Å². The minimum atomic E-state index is 0.0398. The topological polar surface area (TPSA) is 48.1 Å². The van der Waals surface area contributed by atoms with Gasteiger partial charge in [-0.05, 0) is 56.7 Å². The maximum atomic E-state index is 13.5. The van der Waals surface area contributed by atoms with E-state index in [9.17, 15) is 4.79 Å². The standard InChI is InChI=1S/C25H29N3O2/c1-4-27-12-14-28(15-13-27)24-21-16-18(3)6-11-23(21)26-17-22(24)25(29)19-7-9-20(10-8-19)30-5-2/h6-11,16-17H,4-5,12-15H2,1-3H3/p+2. The summed E-state index contributed by atoms with van der Waals surface area (Å²) in [4.78, 5) is 20.9. The summed E-state index contributed by atoms with van der Waals surface area (Å²) in [5.41, 5.74) is 4.72. The summed E-state index contributed by atoms with van der Waals surface area (Å²) in [6, 6.07) is 13.9. The van der Waals surface area contributed by atoms with Crippen molar-refractivity contribution in [3.63, 3.8) is 0 Å². The fourth-order valence-corrected chi connectivity index (χ4v) is 4.28. The molecule has 30 heavy (non-hydrogen) atoms. The Morgan fingerprint density at radius 3 is 2.50 bits per heavy atom. The van der Waals surface area contributed by atoms with E-state index < -0.39 is 0 Å². The molecular formula is C25H31N3O2+2. The van der Waals surface area contributed by atoms with Crippen molar-refractivity contribution in [2.24, 2.45) is 0 Å². The molecule has 1 aliphatic rings. The van der Waals surface area contributed by atoms with E-state index in [1.165, 1.54) is 5.56 Å². The highest BCUT2D eigenvalue weighted by Crippen LogP contribution is 2.31. The van der Waals surface area contributed by atoms with Crippen LogP contribution in [0.4, 0.5) is 5.69 Å². The monoisotopic (exact) mass is 405 g/mol. The van der Waals surface area contributed by atoms with Crippen LogP contribution in [0.1, 0.15) is 35.3 Å². The molecule has 1 aromatic heterocycles. The van der Waals surface area contributed by atoms with E-state index in [2.05, 4.69) is 41.9 Å². The number of hydrogen-bond acceptors (Lipinski definition) is 3. The number of hydrogen-bond donors (Lipinski definition) is 1. The number of nitrogens with zero attached hydrogens (tertiary/aromatic N) is 1. The second-order valence-electron chi connectivity index (χ2n) is 7.98. The first-order chi connectivity index (χ1) is 14.6. The van der Waals surface area contributed by atoms with Gasteiger partial charge in [-0.25, -0.2) is 4.98 Å². The first kappa shape index (κ1) is 20.4.